The number of aliphatic hydroxyl groups is 1. The lowest BCUT2D eigenvalue weighted by Gasteiger charge is -2.21. The number of benzene rings is 2. The first-order valence-electron chi connectivity index (χ1n) is 5.92. The van der Waals surface area contributed by atoms with E-state index in [2.05, 4.69) is 21.2 Å². The van der Waals surface area contributed by atoms with Crippen LogP contribution in [0.5, 0.6) is 0 Å². The second kappa shape index (κ2) is 7.31. The summed E-state index contributed by atoms with van der Waals surface area (Å²) in [7, 11) is 0. The van der Waals surface area contributed by atoms with Crippen LogP contribution in [-0.2, 0) is 0 Å². The molecule has 0 spiro atoms. The Hall–Kier alpha value is -1.32. The van der Waals surface area contributed by atoms with Gasteiger partial charge in [0.15, 0.2) is 0 Å². The topological polar surface area (TPSA) is 32.3 Å². The van der Waals surface area contributed by atoms with Crippen LogP contribution in [0.1, 0.15) is 26.0 Å². The number of anilines is 1. The third kappa shape index (κ3) is 4.37. The van der Waals surface area contributed by atoms with E-state index in [4.69, 9.17) is 0 Å². The van der Waals surface area contributed by atoms with E-state index < -0.39 is 6.10 Å². The Balaban J connectivity index is 0.00000180. The second-order valence-corrected chi connectivity index (χ2v) is 5.21. The zero-order valence-electron chi connectivity index (χ0n) is 10.2. The highest BCUT2D eigenvalue weighted by Crippen LogP contribution is 2.21. The summed E-state index contributed by atoms with van der Waals surface area (Å²) in [5.74, 6) is 0. The molecule has 2 aromatic rings. The minimum absolute atomic E-state index is 0. The summed E-state index contributed by atoms with van der Waals surface area (Å²) in [6.07, 6.45) is -0.519. The van der Waals surface area contributed by atoms with Gasteiger partial charge in [-0.25, -0.2) is 0 Å². The monoisotopic (exact) mass is 321 g/mol. The third-order valence-corrected chi connectivity index (χ3v) is 3.38. The molecule has 19 heavy (non-hydrogen) atoms. The van der Waals surface area contributed by atoms with Gasteiger partial charge in [-0.3, -0.25) is 0 Å². The summed E-state index contributed by atoms with van der Waals surface area (Å²) in [6, 6.07) is 17.6. The molecule has 2 N–H and O–H groups in total. The predicted molar refractivity (Wildman–Crippen MR) is 85.4 cm³/mol. The molecular weight excluding hydrogens is 302 g/mol. The van der Waals surface area contributed by atoms with E-state index in [1.807, 2.05) is 61.5 Å². The van der Waals surface area contributed by atoms with E-state index in [1.54, 1.807) is 0 Å². The van der Waals surface area contributed by atoms with Gasteiger partial charge in [0, 0.05) is 10.2 Å². The van der Waals surface area contributed by atoms with Gasteiger partial charge in [-0.1, -0.05) is 53.7 Å². The van der Waals surface area contributed by atoms with E-state index in [9.17, 15) is 5.11 Å². The van der Waals surface area contributed by atoms with Crippen molar-refractivity contribution < 1.29 is 5.11 Å². The van der Waals surface area contributed by atoms with Crippen molar-refractivity contribution in [2.45, 2.75) is 26.5 Å². The van der Waals surface area contributed by atoms with Crippen molar-refractivity contribution in [2.24, 2.45) is 0 Å². The first-order chi connectivity index (χ1) is 8.66. The maximum Gasteiger partial charge on any atom is 0.0988 e. The Kier molecular flexibility index (Phi) is 6.06. The molecule has 0 aromatic heterocycles. The summed E-state index contributed by atoms with van der Waals surface area (Å²) in [6.45, 7) is 1.97. The molecule has 0 amide bonds. The van der Waals surface area contributed by atoms with Crippen LogP contribution in [0.2, 0.25) is 0 Å². The smallest absolute Gasteiger partial charge is 0.0988 e. The maximum absolute atomic E-state index is 10.2. The third-order valence-electron chi connectivity index (χ3n) is 2.85. The molecule has 0 fully saturated rings. The first-order valence-corrected chi connectivity index (χ1v) is 6.71. The van der Waals surface area contributed by atoms with Crippen molar-refractivity contribution in [3.8, 4) is 0 Å². The molecular formula is C16H20BrNO. The highest BCUT2D eigenvalue weighted by Gasteiger charge is 2.15. The van der Waals surface area contributed by atoms with E-state index in [1.165, 1.54) is 0 Å². The molecule has 2 atom stereocenters. The number of nitrogens with one attached hydrogen (secondary N) is 1. The van der Waals surface area contributed by atoms with Crippen molar-refractivity contribution in [1.82, 2.24) is 0 Å². The van der Waals surface area contributed by atoms with Crippen LogP contribution in [-0.4, -0.2) is 11.1 Å². The molecule has 2 aromatic carbocycles. The zero-order valence-corrected chi connectivity index (χ0v) is 11.8. The second-order valence-electron chi connectivity index (χ2n) is 4.30. The molecule has 0 bridgehead atoms. The Morgan fingerprint density at radius 3 is 2.16 bits per heavy atom. The lowest BCUT2D eigenvalue weighted by atomic mass is 10.0. The zero-order chi connectivity index (χ0) is 13.0. The van der Waals surface area contributed by atoms with Gasteiger partial charge >= 0.3 is 0 Å². The molecule has 3 heteroatoms. The number of hydrogen-bond acceptors (Lipinski definition) is 2. The first kappa shape index (κ1) is 15.7. The van der Waals surface area contributed by atoms with Gasteiger partial charge in [0.2, 0.25) is 0 Å². The Morgan fingerprint density at radius 1 is 1.00 bits per heavy atom. The SMILES string of the molecule is C.CC(Nc1ccc(Br)cc1)C(O)c1ccccc1. The van der Waals surface area contributed by atoms with Gasteiger partial charge in [-0.05, 0) is 36.8 Å². The largest absolute Gasteiger partial charge is 0.386 e. The van der Waals surface area contributed by atoms with Crippen LogP contribution in [0.4, 0.5) is 5.69 Å². The van der Waals surface area contributed by atoms with Gasteiger partial charge in [0.1, 0.15) is 0 Å². The molecule has 0 aliphatic rings. The number of hydrogen-bond donors (Lipinski definition) is 2. The van der Waals surface area contributed by atoms with Crippen molar-refractivity contribution >= 4 is 21.6 Å². The number of aliphatic hydroxyl groups excluding tert-OH is 1. The van der Waals surface area contributed by atoms with Crippen LogP contribution in [0.15, 0.2) is 59.1 Å². The summed E-state index contributed by atoms with van der Waals surface area (Å²) >= 11 is 3.40. The van der Waals surface area contributed by atoms with Crippen molar-refractivity contribution in [3.63, 3.8) is 0 Å². The normalized spacial score (nSPS) is 13.2. The van der Waals surface area contributed by atoms with Crippen molar-refractivity contribution in [3.05, 3.63) is 64.6 Å². The molecule has 2 rings (SSSR count). The fraction of sp³-hybridized carbons (Fsp3) is 0.250. The Morgan fingerprint density at radius 2 is 1.58 bits per heavy atom. The molecule has 2 unspecified atom stereocenters. The summed E-state index contributed by atoms with van der Waals surface area (Å²) in [5.41, 5.74) is 1.93. The lowest BCUT2D eigenvalue weighted by molar-refractivity contribution is 0.161. The van der Waals surface area contributed by atoms with Crippen LogP contribution in [0.25, 0.3) is 0 Å². The highest BCUT2D eigenvalue weighted by molar-refractivity contribution is 9.10. The van der Waals surface area contributed by atoms with E-state index in [0.29, 0.717) is 0 Å². The molecule has 0 heterocycles. The number of halogens is 1. The van der Waals surface area contributed by atoms with Gasteiger partial charge in [-0.15, -0.1) is 0 Å². The molecule has 102 valence electrons. The molecule has 2 nitrogen and oxygen atoms in total. The molecule has 0 aliphatic carbocycles. The average Bonchev–Trinajstić information content (AvgIpc) is 2.41. The van der Waals surface area contributed by atoms with Crippen LogP contribution < -0.4 is 5.32 Å². The van der Waals surface area contributed by atoms with Gasteiger partial charge in [0.05, 0.1) is 12.1 Å². The molecule has 0 saturated carbocycles. The van der Waals surface area contributed by atoms with Crippen molar-refractivity contribution in [1.29, 1.82) is 0 Å². The minimum Gasteiger partial charge on any atom is -0.386 e. The minimum atomic E-state index is -0.519. The molecule has 0 aliphatic heterocycles. The van der Waals surface area contributed by atoms with Crippen LogP contribution in [0.3, 0.4) is 0 Å². The standard InChI is InChI=1S/C15H16BrNO.CH4/c1-11(15(18)12-5-3-2-4-6-12)17-14-9-7-13(16)8-10-14;/h2-11,15,17-18H,1H3;1H4. The summed E-state index contributed by atoms with van der Waals surface area (Å²) < 4.78 is 1.05. The fourth-order valence-corrected chi connectivity index (χ4v) is 2.09. The van der Waals surface area contributed by atoms with Crippen LogP contribution >= 0.6 is 15.9 Å². The Bertz CT molecular complexity index is 484. The summed E-state index contributed by atoms with van der Waals surface area (Å²) in [4.78, 5) is 0. The lowest BCUT2D eigenvalue weighted by Crippen LogP contribution is -2.23. The summed E-state index contributed by atoms with van der Waals surface area (Å²) in [5, 5.41) is 13.5. The fourth-order valence-electron chi connectivity index (χ4n) is 1.83. The molecule has 0 saturated heterocycles. The molecule has 0 radical (unpaired) electrons. The van der Waals surface area contributed by atoms with E-state index in [0.717, 1.165) is 15.7 Å². The van der Waals surface area contributed by atoms with Gasteiger partial charge < -0.3 is 10.4 Å². The van der Waals surface area contributed by atoms with E-state index >= 15 is 0 Å². The van der Waals surface area contributed by atoms with E-state index in [-0.39, 0.29) is 13.5 Å². The van der Waals surface area contributed by atoms with Gasteiger partial charge in [-0.2, -0.15) is 0 Å². The van der Waals surface area contributed by atoms with Crippen LogP contribution in [0, 0.1) is 0 Å². The average molecular weight is 322 g/mol. The highest BCUT2D eigenvalue weighted by atomic mass is 79.9. The predicted octanol–water partition coefficient (Wildman–Crippen LogP) is 4.62. The number of rotatable bonds is 4. The van der Waals surface area contributed by atoms with Gasteiger partial charge in [0.25, 0.3) is 0 Å². The Labute approximate surface area is 123 Å². The maximum atomic E-state index is 10.2. The van der Waals surface area contributed by atoms with Crippen molar-refractivity contribution in [2.75, 3.05) is 5.32 Å². The quantitative estimate of drug-likeness (QED) is 0.861.